The Balaban J connectivity index is 2.81. The summed E-state index contributed by atoms with van der Waals surface area (Å²) in [5.74, 6) is 0.0699. The van der Waals surface area contributed by atoms with E-state index >= 15 is 0 Å². The molecule has 3 heteroatoms. The van der Waals surface area contributed by atoms with Crippen molar-refractivity contribution in [1.82, 2.24) is 5.32 Å². The van der Waals surface area contributed by atoms with Crippen molar-refractivity contribution < 1.29 is 9.90 Å². The van der Waals surface area contributed by atoms with E-state index in [9.17, 15) is 9.90 Å². The third kappa shape index (κ3) is 3.01. The molecule has 1 saturated carbocycles. The molecule has 4 atom stereocenters. The Bertz CT molecular complexity index is 267. The van der Waals surface area contributed by atoms with Crippen LogP contribution in [0.1, 0.15) is 59.8 Å². The summed E-state index contributed by atoms with van der Waals surface area (Å²) >= 11 is 0. The van der Waals surface area contributed by atoms with Crippen LogP contribution in [0.25, 0.3) is 0 Å². The standard InChI is InChI=1S/C14H27NO2/c1-5-10(2)12(4)15-14(13(16)17)9-7-6-8-11(14)3/h10-12,15H,5-9H2,1-4H3,(H,16,17). The zero-order chi connectivity index (χ0) is 13.1. The van der Waals surface area contributed by atoms with Crippen molar-refractivity contribution in [3.05, 3.63) is 0 Å². The lowest BCUT2D eigenvalue weighted by atomic mass is 9.73. The minimum atomic E-state index is -0.693. The number of carbonyl (C=O) groups is 1. The van der Waals surface area contributed by atoms with Crippen LogP contribution in [0.15, 0.2) is 0 Å². The van der Waals surface area contributed by atoms with E-state index in [1.54, 1.807) is 0 Å². The molecule has 0 aliphatic heterocycles. The summed E-state index contributed by atoms with van der Waals surface area (Å²) < 4.78 is 0. The zero-order valence-electron chi connectivity index (χ0n) is 11.6. The summed E-state index contributed by atoms with van der Waals surface area (Å²) in [4.78, 5) is 11.7. The number of aliphatic carboxylic acids is 1. The normalized spacial score (nSPS) is 33.1. The molecule has 0 amide bonds. The Hall–Kier alpha value is -0.570. The van der Waals surface area contributed by atoms with Gasteiger partial charge in [0.2, 0.25) is 0 Å². The fourth-order valence-corrected chi connectivity index (χ4v) is 2.84. The van der Waals surface area contributed by atoms with Gasteiger partial charge in [-0.25, -0.2) is 0 Å². The van der Waals surface area contributed by atoms with E-state index in [0.29, 0.717) is 5.92 Å². The number of nitrogens with one attached hydrogen (secondary N) is 1. The molecule has 100 valence electrons. The maximum Gasteiger partial charge on any atom is 0.324 e. The van der Waals surface area contributed by atoms with Crippen LogP contribution in [0.2, 0.25) is 0 Å². The summed E-state index contributed by atoms with van der Waals surface area (Å²) in [6, 6.07) is 0.261. The number of carboxylic acids is 1. The first-order valence-corrected chi connectivity index (χ1v) is 6.95. The van der Waals surface area contributed by atoms with E-state index in [2.05, 4.69) is 33.0 Å². The lowest BCUT2D eigenvalue weighted by molar-refractivity contribution is -0.149. The topological polar surface area (TPSA) is 49.3 Å². The third-order valence-corrected chi connectivity index (χ3v) is 4.66. The largest absolute Gasteiger partial charge is 0.480 e. The van der Waals surface area contributed by atoms with Gasteiger partial charge in [0.05, 0.1) is 0 Å². The van der Waals surface area contributed by atoms with Crippen LogP contribution in [0.3, 0.4) is 0 Å². The number of hydrogen-bond donors (Lipinski definition) is 2. The Morgan fingerprint density at radius 1 is 1.47 bits per heavy atom. The Morgan fingerprint density at radius 3 is 2.59 bits per heavy atom. The van der Waals surface area contributed by atoms with Crippen LogP contribution < -0.4 is 5.32 Å². The van der Waals surface area contributed by atoms with Crippen molar-refractivity contribution >= 4 is 5.97 Å². The van der Waals surface area contributed by atoms with Gasteiger partial charge in [0.25, 0.3) is 0 Å². The fourth-order valence-electron chi connectivity index (χ4n) is 2.84. The molecule has 3 nitrogen and oxygen atoms in total. The Kier molecular flexibility index (Phi) is 4.99. The van der Waals surface area contributed by atoms with Crippen LogP contribution in [-0.2, 0) is 4.79 Å². The predicted molar refractivity (Wildman–Crippen MR) is 70.1 cm³/mol. The van der Waals surface area contributed by atoms with Gasteiger partial charge in [-0.3, -0.25) is 10.1 Å². The smallest absolute Gasteiger partial charge is 0.324 e. The molecule has 1 aliphatic rings. The third-order valence-electron chi connectivity index (χ3n) is 4.66. The van der Waals surface area contributed by atoms with Gasteiger partial charge in [-0.05, 0) is 31.6 Å². The second-order valence-electron chi connectivity index (χ2n) is 5.74. The average Bonchev–Trinajstić information content (AvgIpc) is 2.30. The fraction of sp³-hybridized carbons (Fsp3) is 0.929. The molecule has 0 saturated heterocycles. The van der Waals surface area contributed by atoms with Crippen LogP contribution in [-0.4, -0.2) is 22.7 Å². The molecule has 0 bridgehead atoms. The summed E-state index contributed by atoms with van der Waals surface area (Å²) in [5, 5.41) is 13.0. The molecule has 1 rings (SSSR count). The van der Waals surface area contributed by atoms with Crippen molar-refractivity contribution in [2.45, 2.75) is 71.4 Å². The summed E-state index contributed by atoms with van der Waals surface area (Å²) in [6.45, 7) is 8.52. The molecular weight excluding hydrogens is 214 g/mol. The highest BCUT2D eigenvalue weighted by atomic mass is 16.4. The summed E-state index contributed by atoms with van der Waals surface area (Å²) in [6.07, 6.45) is 5.06. The molecule has 0 radical (unpaired) electrons. The van der Waals surface area contributed by atoms with Crippen molar-refractivity contribution in [2.75, 3.05) is 0 Å². The van der Waals surface area contributed by atoms with E-state index in [1.165, 1.54) is 0 Å². The van der Waals surface area contributed by atoms with Gasteiger partial charge in [0, 0.05) is 6.04 Å². The highest BCUT2D eigenvalue weighted by Crippen LogP contribution is 2.35. The maximum absolute atomic E-state index is 11.7. The average molecular weight is 241 g/mol. The Labute approximate surface area is 105 Å². The molecular formula is C14H27NO2. The zero-order valence-corrected chi connectivity index (χ0v) is 11.6. The second kappa shape index (κ2) is 5.85. The monoisotopic (exact) mass is 241 g/mol. The molecule has 4 unspecified atom stereocenters. The lowest BCUT2D eigenvalue weighted by Crippen LogP contribution is -2.61. The Morgan fingerprint density at radius 2 is 2.12 bits per heavy atom. The van der Waals surface area contributed by atoms with Crippen LogP contribution >= 0.6 is 0 Å². The quantitative estimate of drug-likeness (QED) is 0.778. The second-order valence-corrected chi connectivity index (χ2v) is 5.74. The van der Waals surface area contributed by atoms with Crippen molar-refractivity contribution in [3.63, 3.8) is 0 Å². The maximum atomic E-state index is 11.7. The highest BCUT2D eigenvalue weighted by Gasteiger charge is 2.45. The van der Waals surface area contributed by atoms with E-state index in [4.69, 9.17) is 0 Å². The van der Waals surface area contributed by atoms with Crippen LogP contribution in [0, 0.1) is 11.8 Å². The van der Waals surface area contributed by atoms with Crippen LogP contribution in [0.4, 0.5) is 0 Å². The molecule has 0 aromatic rings. The van der Waals surface area contributed by atoms with Gasteiger partial charge in [0.15, 0.2) is 0 Å². The van der Waals surface area contributed by atoms with E-state index < -0.39 is 11.5 Å². The minimum absolute atomic E-state index is 0.222. The first-order chi connectivity index (χ1) is 7.94. The van der Waals surface area contributed by atoms with Gasteiger partial charge in [-0.2, -0.15) is 0 Å². The van der Waals surface area contributed by atoms with Gasteiger partial charge < -0.3 is 5.11 Å². The van der Waals surface area contributed by atoms with E-state index in [1.807, 2.05) is 0 Å². The van der Waals surface area contributed by atoms with Gasteiger partial charge in [-0.15, -0.1) is 0 Å². The van der Waals surface area contributed by atoms with Crippen molar-refractivity contribution in [3.8, 4) is 0 Å². The number of rotatable bonds is 5. The van der Waals surface area contributed by atoms with E-state index in [0.717, 1.165) is 32.1 Å². The molecule has 1 fully saturated rings. The SMILES string of the molecule is CCC(C)C(C)NC1(C(=O)O)CCCCC1C. The van der Waals surface area contributed by atoms with Crippen molar-refractivity contribution in [2.24, 2.45) is 11.8 Å². The first kappa shape index (κ1) is 14.5. The molecule has 0 heterocycles. The molecule has 2 N–H and O–H groups in total. The molecule has 0 aromatic heterocycles. The van der Waals surface area contributed by atoms with Gasteiger partial charge >= 0.3 is 5.97 Å². The first-order valence-electron chi connectivity index (χ1n) is 6.95. The number of hydrogen-bond acceptors (Lipinski definition) is 2. The van der Waals surface area contributed by atoms with Crippen LogP contribution in [0.5, 0.6) is 0 Å². The lowest BCUT2D eigenvalue weighted by Gasteiger charge is -2.42. The summed E-state index contributed by atoms with van der Waals surface area (Å²) in [5.41, 5.74) is -0.693. The molecule has 0 aromatic carbocycles. The number of carboxylic acid groups (broad SMARTS) is 1. The summed E-state index contributed by atoms with van der Waals surface area (Å²) in [7, 11) is 0. The van der Waals surface area contributed by atoms with Crippen molar-refractivity contribution in [1.29, 1.82) is 0 Å². The molecule has 17 heavy (non-hydrogen) atoms. The predicted octanol–water partition coefficient (Wildman–Crippen LogP) is 3.04. The minimum Gasteiger partial charge on any atom is -0.480 e. The highest BCUT2D eigenvalue weighted by molar-refractivity contribution is 5.79. The van der Waals surface area contributed by atoms with E-state index in [-0.39, 0.29) is 12.0 Å². The molecule has 1 aliphatic carbocycles. The molecule has 0 spiro atoms. The van der Waals surface area contributed by atoms with Gasteiger partial charge in [0.1, 0.15) is 5.54 Å². The van der Waals surface area contributed by atoms with Gasteiger partial charge in [-0.1, -0.05) is 40.0 Å².